The van der Waals surface area contributed by atoms with Gasteiger partial charge in [-0.05, 0) is 78.8 Å². The fraction of sp³-hybridized carbons (Fsp3) is 0.200. The molecule has 210 valence electrons. The van der Waals surface area contributed by atoms with Crippen molar-refractivity contribution in [2.24, 2.45) is 5.92 Å². The van der Waals surface area contributed by atoms with E-state index in [1.807, 2.05) is 45.0 Å². The van der Waals surface area contributed by atoms with E-state index in [1.165, 1.54) is 31.4 Å². The minimum Gasteiger partial charge on any atom is -0.398 e. The number of H-pyrrole nitrogens is 1. The van der Waals surface area contributed by atoms with Gasteiger partial charge in [0, 0.05) is 40.0 Å². The molecule has 4 N–H and O–H groups in total. The number of aromatic amines is 1. The fourth-order valence-corrected chi connectivity index (χ4v) is 4.73. The van der Waals surface area contributed by atoms with Crippen LogP contribution in [0.1, 0.15) is 57.0 Å². The molecule has 6 heteroatoms. The quantitative estimate of drug-likeness (QED) is 0.144. The zero-order valence-electron chi connectivity index (χ0n) is 24.1. The predicted octanol–water partition coefficient (Wildman–Crippen LogP) is 8.81. The fourth-order valence-electron chi connectivity index (χ4n) is 4.73. The molecule has 5 nitrogen and oxygen atoms in total. The Morgan fingerprint density at radius 2 is 1.83 bits per heavy atom. The number of hydrogen-bond acceptors (Lipinski definition) is 4. The van der Waals surface area contributed by atoms with Crippen molar-refractivity contribution < 1.29 is 4.39 Å². The lowest BCUT2D eigenvalue weighted by Crippen LogP contribution is -2.23. The molecule has 0 spiro atoms. The van der Waals surface area contributed by atoms with Crippen molar-refractivity contribution in [2.75, 3.05) is 5.73 Å². The normalized spacial score (nSPS) is 13.7. The Bertz CT molecular complexity index is 1640. The van der Waals surface area contributed by atoms with E-state index in [-0.39, 0.29) is 5.82 Å². The summed E-state index contributed by atoms with van der Waals surface area (Å²) in [7, 11) is 0. The van der Waals surface area contributed by atoms with Crippen LogP contribution in [-0.4, -0.2) is 15.0 Å². The maximum Gasteiger partial charge on any atom is 0.138 e. The first-order chi connectivity index (χ1) is 19.9. The van der Waals surface area contributed by atoms with Gasteiger partial charge in [-0.25, -0.2) is 9.37 Å². The molecular formula is C35H38FN5. The van der Waals surface area contributed by atoms with Crippen molar-refractivity contribution in [3.8, 4) is 11.1 Å². The summed E-state index contributed by atoms with van der Waals surface area (Å²) in [5.74, 6) is 0.824. The van der Waals surface area contributed by atoms with Crippen LogP contribution >= 0.6 is 0 Å². The number of halogens is 1. The van der Waals surface area contributed by atoms with Crippen molar-refractivity contribution in [3.63, 3.8) is 0 Å². The highest BCUT2D eigenvalue weighted by atomic mass is 19.1. The highest BCUT2D eigenvalue weighted by molar-refractivity contribution is 5.94. The topological polar surface area (TPSA) is 79.6 Å². The molecule has 2 aromatic carbocycles. The van der Waals surface area contributed by atoms with Crippen molar-refractivity contribution in [2.45, 2.75) is 40.0 Å². The molecule has 5 rings (SSSR count). The molecule has 2 heterocycles. The van der Waals surface area contributed by atoms with Crippen molar-refractivity contribution in [1.29, 1.82) is 0 Å². The maximum absolute atomic E-state index is 13.5. The first-order valence-corrected chi connectivity index (χ1v) is 14.0. The summed E-state index contributed by atoms with van der Waals surface area (Å²) in [6, 6.07) is 12.2. The molecule has 1 aliphatic rings. The second-order valence-corrected chi connectivity index (χ2v) is 9.78. The number of rotatable bonds is 9. The Hall–Kier alpha value is -4.71. The average molecular weight is 548 g/mol. The molecule has 0 bridgehead atoms. The smallest absolute Gasteiger partial charge is 0.138 e. The molecule has 0 radical (unpaired) electrons. The number of benzene rings is 2. The van der Waals surface area contributed by atoms with Gasteiger partial charge in [0.05, 0.1) is 17.2 Å². The average Bonchev–Trinajstić information content (AvgIpc) is 3.40. The first kappa shape index (κ1) is 29.3. The molecule has 0 unspecified atom stereocenters. The maximum atomic E-state index is 13.5. The zero-order valence-corrected chi connectivity index (χ0v) is 24.1. The van der Waals surface area contributed by atoms with E-state index in [4.69, 9.17) is 10.7 Å². The van der Waals surface area contributed by atoms with E-state index in [0.717, 1.165) is 50.3 Å². The van der Waals surface area contributed by atoms with E-state index in [1.54, 1.807) is 24.5 Å². The molecule has 2 aromatic heterocycles. The van der Waals surface area contributed by atoms with Gasteiger partial charge in [-0.3, -0.25) is 4.98 Å². The monoisotopic (exact) mass is 547 g/mol. The van der Waals surface area contributed by atoms with Crippen LogP contribution in [0.15, 0.2) is 104 Å². The molecule has 41 heavy (non-hydrogen) atoms. The molecular weight excluding hydrogens is 509 g/mol. The van der Waals surface area contributed by atoms with Crippen molar-refractivity contribution >= 4 is 27.9 Å². The summed E-state index contributed by atoms with van der Waals surface area (Å²) in [5, 5.41) is 3.44. The van der Waals surface area contributed by atoms with Crippen LogP contribution in [-0.2, 0) is 0 Å². The molecule has 1 aliphatic carbocycles. The van der Waals surface area contributed by atoms with E-state index < -0.39 is 0 Å². The second kappa shape index (κ2) is 13.1. The van der Waals surface area contributed by atoms with Crippen LogP contribution in [0.25, 0.3) is 33.3 Å². The van der Waals surface area contributed by atoms with Gasteiger partial charge in [0.25, 0.3) is 0 Å². The third-order valence-electron chi connectivity index (χ3n) is 7.29. The SMILES string of the molecule is C=C/C(=C\C(=C/C)c1ccc(N)c(C(=C)c2nc3c(-c4ccc(F)cc4)cncc3[nH]2)c1)NC(=C)C1CCC1.CC. The van der Waals surface area contributed by atoms with Crippen LogP contribution in [0.3, 0.4) is 0 Å². The second-order valence-electron chi connectivity index (χ2n) is 9.78. The van der Waals surface area contributed by atoms with Crippen LogP contribution in [0.4, 0.5) is 10.1 Å². The standard InChI is InChI=1S/C33H32FN5.C2H6/c1-5-22(16-27(6-2)37-21(4)23-8-7-9-23)25-12-15-30(35)28(17-25)20(3)33-38-31-19-36-18-29(32(31)39-33)24-10-13-26(34)14-11-24;1-2/h5-6,10-19,23,37H,2-4,7-9,35H2,1H3,(H,38,39);1-2H3/b22-5+,27-16+;. The molecule has 1 fully saturated rings. The highest BCUT2D eigenvalue weighted by Gasteiger charge is 2.21. The Labute approximate surface area is 242 Å². The Morgan fingerprint density at radius 3 is 2.46 bits per heavy atom. The number of anilines is 1. The predicted molar refractivity (Wildman–Crippen MR) is 171 cm³/mol. The van der Waals surface area contributed by atoms with E-state index in [2.05, 4.69) is 47.2 Å². The van der Waals surface area contributed by atoms with Gasteiger partial charge in [-0.15, -0.1) is 0 Å². The van der Waals surface area contributed by atoms with Gasteiger partial charge < -0.3 is 16.0 Å². The molecule has 0 amide bonds. The molecule has 1 saturated carbocycles. The first-order valence-electron chi connectivity index (χ1n) is 14.0. The molecule has 4 aromatic rings. The summed E-state index contributed by atoms with van der Waals surface area (Å²) in [5.41, 5.74) is 15.5. The summed E-state index contributed by atoms with van der Waals surface area (Å²) in [6.07, 6.45) is 13.0. The van der Waals surface area contributed by atoms with Gasteiger partial charge in [-0.2, -0.15) is 0 Å². The van der Waals surface area contributed by atoms with Crippen LogP contribution in [0.2, 0.25) is 0 Å². The summed E-state index contributed by atoms with van der Waals surface area (Å²) >= 11 is 0. The third kappa shape index (κ3) is 6.38. The minimum atomic E-state index is -0.292. The van der Waals surface area contributed by atoms with Crippen LogP contribution < -0.4 is 11.1 Å². The van der Waals surface area contributed by atoms with Gasteiger partial charge in [0.15, 0.2) is 0 Å². The minimum absolute atomic E-state index is 0.292. The number of nitrogens with two attached hydrogens (primary N) is 1. The number of aromatic nitrogens is 3. The Kier molecular flexibility index (Phi) is 9.35. The number of hydrogen-bond donors (Lipinski definition) is 3. The molecule has 0 saturated heterocycles. The van der Waals surface area contributed by atoms with Gasteiger partial charge in [-0.1, -0.05) is 64.3 Å². The third-order valence-corrected chi connectivity index (χ3v) is 7.29. The lowest BCUT2D eigenvalue weighted by Gasteiger charge is -2.28. The summed E-state index contributed by atoms with van der Waals surface area (Å²) < 4.78 is 13.5. The molecule has 0 aliphatic heterocycles. The zero-order chi connectivity index (χ0) is 29.5. The van der Waals surface area contributed by atoms with Crippen LogP contribution in [0.5, 0.6) is 0 Å². The van der Waals surface area contributed by atoms with Crippen molar-refractivity contribution in [3.05, 3.63) is 127 Å². The number of imidazole rings is 1. The number of nitrogens with zero attached hydrogens (tertiary/aromatic N) is 2. The Balaban J connectivity index is 0.00000189. The Morgan fingerprint density at radius 1 is 1.10 bits per heavy atom. The van der Waals surface area contributed by atoms with E-state index >= 15 is 0 Å². The largest absolute Gasteiger partial charge is 0.398 e. The van der Waals surface area contributed by atoms with Gasteiger partial charge >= 0.3 is 0 Å². The van der Waals surface area contributed by atoms with E-state index in [9.17, 15) is 4.39 Å². The van der Waals surface area contributed by atoms with Gasteiger partial charge in [0.1, 0.15) is 11.6 Å². The number of pyridine rings is 1. The lowest BCUT2D eigenvalue weighted by atomic mass is 9.83. The lowest BCUT2D eigenvalue weighted by molar-refractivity contribution is 0.356. The van der Waals surface area contributed by atoms with Crippen LogP contribution in [0, 0.1) is 11.7 Å². The highest BCUT2D eigenvalue weighted by Crippen LogP contribution is 2.34. The number of nitrogen functional groups attached to an aromatic ring is 1. The summed E-state index contributed by atoms with van der Waals surface area (Å²) in [4.78, 5) is 12.5. The van der Waals surface area contributed by atoms with Gasteiger partial charge in [0.2, 0.25) is 0 Å². The van der Waals surface area contributed by atoms with Crippen molar-refractivity contribution in [1.82, 2.24) is 20.3 Å². The molecule has 0 atom stereocenters. The number of nitrogens with one attached hydrogen (secondary N) is 2. The van der Waals surface area contributed by atoms with E-state index in [0.29, 0.717) is 23.0 Å². The number of allylic oxidation sites excluding steroid dienone is 5. The summed E-state index contributed by atoms with van der Waals surface area (Å²) in [6.45, 7) is 18.5. The number of fused-ring (bicyclic) bond motifs is 1.